The van der Waals surface area contributed by atoms with Crippen molar-refractivity contribution >= 4 is 43.5 Å². The van der Waals surface area contributed by atoms with E-state index in [0.717, 1.165) is 16.1 Å². The Labute approximate surface area is 219 Å². The van der Waals surface area contributed by atoms with Crippen LogP contribution in [0.1, 0.15) is 11.1 Å². The lowest BCUT2D eigenvalue weighted by molar-refractivity contribution is -0.139. The minimum atomic E-state index is -3.84. The molecule has 0 aromatic heterocycles. The van der Waals surface area contributed by atoms with Crippen molar-refractivity contribution < 1.29 is 22.4 Å². The fraction of sp³-hybridized carbons (Fsp3) is 0.231. The van der Waals surface area contributed by atoms with Crippen molar-refractivity contribution in [1.82, 2.24) is 10.2 Å². The summed E-state index contributed by atoms with van der Waals surface area (Å²) in [5.74, 6) is -1.40. The maximum atomic E-state index is 13.7. The van der Waals surface area contributed by atoms with E-state index in [0.29, 0.717) is 15.7 Å². The molecular formula is C26H27BrFN3O4S. The fourth-order valence-corrected chi connectivity index (χ4v) is 4.98. The molecule has 3 rings (SSSR count). The van der Waals surface area contributed by atoms with E-state index in [1.807, 2.05) is 30.3 Å². The number of rotatable bonds is 10. The summed E-state index contributed by atoms with van der Waals surface area (Å²) in [7, 11) is -2.36. The molecule has 0 aliphatic rings. The van der Waals surface area contributed by atoms with Crippen molar-refractivity contribution in [3.8, 4) is 0 Å². The molecule has 190 valence electrons. The maximum Gasteiger partial charge on any atom is 0.244 e. The Morgan fingerprint density at radius 3 is 2.22 bits per heavy atom. The number of carbonyl (C=O) groups is 2. The zero-order valence-corrected chi connectivity index (χ0v) is 22.3. The molecule has 3 aromatic rings. The number of hydrogen-bond acceptors (Lipinski definition) is 4. The standard InChI is InChI=1S/C26H27BrFN3O4S/c1-29-26(33)24(15-19-7-4-3-5-8-19)30(17-20-11-13-22(28)14-12-20)25(32)18-31(36(2,34)35)23-10-6-9-21(27)16-23/h3-14,16,24H,15,17-18H2,1-2H3,(H,29,33)/t24-/m1/s1. The third-order valence-corrected chi connectivity index (χ3v) is 7.19. The van der Waals surface area contributed by atoms with E-state index in [1.165, 1.54) is 36.2 Å². The first-order valence-corrected chi connectivity index (χ1v) is 13.8. The molecule has 0 aliphatic heterocycles. The van der Waals surface area contributed by atoms with Crippen LogP contribution in [0.15, 0.2) is 83.3 Å². The lowest BCUT2D eigenvalue weighted by Crippen LogP contribution is -2.52. The number of halogens is 2. The second-order valence-corrected chi connectivity index (χ2v) is 11.0. The Morgan fingerprint density at radius 2 is 1.64 bits per heavy atom. The number of nitrogens with zero attached hydrogens (tertiary/aromatic N) is 2. The molecule has 0 heterocycles. The molecule has 0 saturated carbocycles. The molecule has 7 nitrogen and oxygen atoms in total. The maximum absolute atomic E-state index is 13.7. The van der Waals surface area contributed by atoms with Gasteiger partial charge in [0.1, 0.15) is 18.4 Å². The molecule has 0 fully saturated rings. The van der Waals surface area contributed by atoms with E-state index in [4.69, 9.17) is 0 Å². The number of sulfonamides is 1. The summed E-state index contributed by atoms with van der Waals surface area (Å²) in [6.45, 7) is -0.529. The van der Waals surface area contributed by atoms with Crippen LogP contribution in [0.4, 0.5) is 10.1 Å². The molecule has 0 spiro atoms. The van der Waals surface area contributed by atoms with Crippen LogP contribution in [0.5, 0.6) is 0 Å². The molecule has 10 heteroatoms. The van der Waals surface area contributed by atoms with Crippen LogP contribution in [0.25, 0.3) is 0 Å². The molecule has 0 bridgehead atoms. The van der Waals surface area contributed by atoms with Gasteiger partial charge >= 0.3 is 0 Å². The molecule has 2 amide bonds. The van der Waals surface area contributed by atoms with Gasteiger partial charge in [-0.3, -0.25) is 13.9 Å². The Balaban J connectivity index is 2.01. The predicted molar refractivity (Wildman–Crippen MR) is 141 cm³/mol. The summed E-state index contributed by atoms with van der Waals surface area (Å²) in [6, 6.07) is 20.5. The van der Waals surface area contributed by atoms with Crippen molar-refractivity contribution in [3.05, 3.63) is 100 Å². The molecule has 0 unspecified atom stereocenters. The molecular weight excluding hydrogens is 549 g/mol. The summed E-state index contributed by atoms with van der Waals surface area (Å²) in [6.07, 6.45) is 1.23. The minimum Gasteiger partial charge on any atom is -0.357 e. The van der Waals surface area contributed by atoms with Crippen LogP contribution in [-0.4, -0.2) is 51.0 Å². The van der Waals surface area contributed by atoms with Gasteiger partial charge in [-0.1, -0.05) is 64.5 Å². The molecule has 1 N–H and O–H groups in total. The first-order chi connectivity index (χ1) is 17.1. The number of anilines is 1. The highest BCUT2D eigenvalue weighted by molar-refractivity contribution is 9.10. The normalized spacial score (nSPS) is 12.0. The molecule has 0 radical (unpaired) electrons. The van der Waals surface area contributed by atoms with E-state index >= 15 is 0 Å². The topological polar surface area (TPSA) is 86.8 Å². The Morgan fingerprint density at radius 1 is 0.972 bits per heavy atom. The average Bonchev–Trinajstić information content (AvgIpc) is 2.85. The zero-order valence-electron chi connectivity index (χ0n) is 19.9. The molecule has 36 heavy (non-hydrogen) atoms. The smallest absolute Gasteiger partial charge is 0.244 e. The lowest BCUT2D eigenvalue weighted by atomic mass is 10.0. The number of carbonyl (C=O) groups excluding carboxylic acids is 2. The van der Waals surface area contributed by atoms with Gasteiger partial charge < -0.3 is 10.2 Å². The van der Waals surface area contributed by atoms with Gasteiger partial charge in [-0.15, -0.1) is 0 Å². The van der Waals surface area contributed by atoms with Gasteiger partial charge in [0.25, 0.3) is 0 Å². The van der Waals surface area contributed by atoms with Gasteiger partial charge in [-0.05, 0) is 41.5 Å². The highest BCUT2D eigenvalue weighted by Crippen LogP contribution is 2.23. The summed E-state index contributed by atoms with van der Waals surface area (Å²) >= 11 is 3.33. The SMILES string of the molecule is CNC(=O)[C@@H](Cc1ccccc1)N(Cc1ccc(F)cc1)C(=O)CN(c1cccc(Br)c1)S(C)(=O)=O. The molecule has 0 saturated heterocycles. The highest BCUT2D eigenvalue weighted by Gasteiger charge is 2.32. The van der Waals surface area contributed by atoms with E-state index in [-0.39, 0.29) is 13.0 Å². The largest absolute Gasteiger partial charge is 0.357 e. The van der Waals surface area contributed by atoms with E-state index in [1.54, 1.807) is 24.3 Å². The highest BCUT2D eigenvalue weighted by atomic mass is 79.9. The number of amides is 2. The van der Waals surface area contributed by atoms with Crippen molar-refractivity contribution in [3.63, 3.8) is 0 Å². The third kappa shape index (κ3) is 7.38. The van der Waals surface area contributed by atoms with Crippen molar-refractivity contribution in [2.45, 2.75) is 19.0 Å². The summed E-state index contributed by atoms with van der Waals surface area (Å²) in [5.41, 5.74) is 1.73. The predicted octanol–water partition coefficient (Wildman–Crippen LogP) is 3.74. The second kappa shape index (κ2) is 12.1. The third-order valence-electron chi connectivity index (χ3n) is 5.56. The van der Waals surface area contributed by atoms with Crippen molar-refractivity contribution in [2.75, 3.05) is 24.2 Å². The summed E-state index contributed by atoms with van der Waals surface area (Å²) < 4.78 is 40.5. The Bertz CT molecular complexity index is 1300. The number of likely N-dealkylation sites (N-methyl/N-ethyl adjacent to an activating group) is 1. The number of benzene rings is 3. The number of nitrogens with one attached hydrogen (secondary N) is 1. The van der Waals surface area contributed by atoms with Crippen molar-refractivity contribution in [1.29, 1.82) is 0 Å². The van der Waals surface area contributed by atoms with Gasteiger partial charge in [-0.2, -0.15) is 0 Å². The molecule has 0 aliphatic carbocycles. The summed E-state index contributed by atoms with van der Waals surface area (Å²) in [4.78, 5) is 28.1. The van der Waals surface area contributed by atoms with Gasteiger partial charge in [0.15, 0.2) is 0 Å². The molecule has 1 atom stereocenters. The van der Waals surface area contributed by atoms with Crippen LogP contribution in [0.3, 0.4) is 0 Å². The molecule has 3 aromatic carbocycles. The lowest BCUT2D eigenvalue weighted by Gasteiger charge is -2.33. The first kappa shape index (κ1) is 27.3. The monoisotopic (exact) mass is 575 g/mol. The van der Waals surface area contributed by atoms with Crippen LogP contribution in [-0.2, 0) is 32.6 Å². The fourth-order valence-electron chi connectivity index (χ4n) is 3.75. The van der Waals surface area contributed by atoms with Crippen molar-refractivity contribution in [2.24, 2.45) is 0 Å². The Hall–Kier alpha value is -3.24. The zero-order chi connectivity index (χ0) is 26.3. The van der Waals surface area contributed by atoms with Crippen LogP contribution >= 0.6 is 15.9 Å². The van der Waals surface area contributed by atoms with Gasteiger partial charge in [0, 0.05) is 24.5 Å². The van der Waals surface area contributed by atoms with E-state index < -0.39 is 40.2 Å². The van der Waals surface area contributed by atoms with E-state index in [9.17, 15) is 22.4 Å². The van der Waals surface area contributed by atoms with Gasteiger partial charge in [0.2, 0.25) is 21.8 Å². The van der Waals surface area contributed by atoms with Crippen LogP contribution in [0, 0.1) is 5.82 Å². The average molecular weight is 576 g/mol. The van der Waals surface area contributed by atoms with E-state index in [2.05, 4.69) is 21.2 Å². The minimum absolute atomic E-state index is 0.0138. The number of hydrogen-bond donors (Lipinski definition) is 1. The van der Waals surface area contributed by atoms with Crippen LogP contribution in [0.2, 0.25) is 0 Å². The van der Waals surface area contributed by atoms with Gasteiger partial charge in [-0.25, -0.2) is 12.8 Å². The second-order valence-electron chi connectivity index (χ2n) is 8.22. The Kier molecular flexibility index (Phi) is 9.22. The summed E-state index contributed by atoms with van der Waals surface area (Å²) in [5, 5.41) is 2.61. The quantitative estimate of drug-likeness (QED) is 0.399. The van der Waals surface area contributed by atoms with Crippen LogP contribution < -0.4 is 9.62 Å². The van der Waals surface area contributed by atoms with Gasteiger partial charge in [0.05, 0.1) is 11.9 Å². The first-order valence-electron chi connectivity index (χ1n) is 11.1.